The Morgan fingerprint density at radius 1 is 0.844 bits per heavy atom. The minimum Gasteiger partial charge on any atom is -0.444 e. The molecular weight excluding hydrogens is 398 g/mol. The first-order valence-corrected chi connectivity index (χ1v) is 13.1. The van der Waals surface area contributed by atoms with Gasteiger partial charge in [0.25, 0.3) is 0 Å². The first-order valence-electron chi connectivity index (χ1n) is 13.1. The van der Waals surface area contributed by atoms with Crippen molar-refractivity contribution in [3.05, 3.63) is 35.9 Å². The first kappa shape index (κ1) is 28.5. The molecule has 2 N–H and O–H groups in total. The van der Waals surface area contributed by atoms with Gasteiger partial charge >= 0.3 is 6.09 Å². The van der Waals surface area contributed by atoms with Crippen molar-refractivity contribution in [3.63, 3.8) is 0 Å². The molecule has 0 fully saturated rings. The predicted molar refractivity (Wildman–Crippen MR) is 135 cm³/mol. The van der Waals surface area contributed by atoms with Crippen LogP contribution in [-0.2, 0) is 4.74 Å². The Hall–Kier alpha value is -1.55. The summed E-state index contributed by atoms with van der Waals surface area (Å²) in [6.45, 7) is 7.79. The molecule has 0 aliphatic carbocycles. The number of amides is 1. The van der Waals surface area contributed by atoms with Crippen molar-refractivity contribution in [1.29, 1.82) is 0 Å². The van der Waals surface area contributed by atoms with Gasteiger partial charge in [-0.25, -0.2) is 4.79 Å². The van der Waals surface area contributed by atoms with E-state index in [9.17, 15) is 9.90 Å². The van der Waals surface area contributed by atoms with Crippen LogP contribution in [0.25, 0.3) is 0 Å². The highest BCUT2D eigenvalue weighted by Gasteiger charge is 2.25. The third-order valence-electron chi connectivity index (χ3n) is 5.82. The van der Waals surface area contributed by atoms with Gasteiger partial charge in [0.2, 0.25) is 0 Å². The summed E-state index contributed by atoms with van der Waals surface area (Å²) in [5.41, 5.74) is 0.339. The number of aliphatic hydroxyl groups excluding tert-OH is 1. The van der Waals surface area contributed by atoms with E-state index in [4.69, 9.17) is 4.74 Å². The summed E-state index contributed by atoms with van der Waals surface area (Å²) in [6.07, 6.45) is 16.5. The molecule has 0 aliphatic heterocycles. The molecule has 0 aliphatic rings. The molecule has 0 unspecified atom stereocenters. The quantitative estimate of drug-likeness (QED) is 0.237. The minimum absolute atomic E-state index is 0.455. The Kier molecular flexibility index (Phi) is 15.1. The van der Waals surface area contributed by atoms with Crippen molar-refractivity contribution < 1.29 is 14.6 Å². The number of carbonyl (C=O) groups excluding carboxylic acids is 1. The number of carbonyl (C=O) groups is 1. The van der Waals surface area contributed by atoms with Crippen molar-refractivity contribution in [2.75, 3.05) is 0 Å². The van der Waals surface area contributed by atoms with Gasteiger partial charge < -0.3 is 15.2 Å². The van der Waals surface area contributed by atoms with Crippen LogP contribution in [0.1, 0.15) is 129 Å². The highest BCUT2D eigenvalue weighted by molar-refractivity contribution is 5.68. The maximum Gasteiger partial charge on any atom is 0.408 e. The van der Waals surface area contributed by atoms with Gasteiger partial charge in [-0.15, -0.1) is 0 Å². The molecule has 4 heteroatoms. The van der Waals surface area contributed by atoms with Crippen molar-refractivity contribution in [3.8, 4) is 0 Å². The lowest BCUT2D eigenvalue weighted by Gasteiger charge is -2.27. The average molecular weight is 448 g/mol. The fraction of sp³-hybridized carbons (Fsp3) is 0.750. The van der Waals surface area contributed by atoms with Crippen LogP contribution in [-0.4, -0.2) is 22.9 Å². The molecule has 0 aromatic heterocycles. The van der Waals surface area contributed by atoms with Crippen molar-refractivity contribution in [2.24, 2.45) is 0 Å². The molecule has 1 rings (SSSR count). The topological polar surface area (TPSA) is 58.6 Å². The number of hydrogen-bond donors (Lipinski definition) is 2. The summed E-state index contributed by atoms with van der Waals surface area (Å²) in [5.74, 6) is 0. The molecule has 0 heterocycles. The van der Waals surface area contributed by atoms with Crippen molar-refractivity contribution >= 4 is 6.09 Å². The summed E-state index contributed by atoms with van der Waals surface area (Å²) < 4.78 is 5.40. The lowest BCUT2D eigenvalue weighted by molar-refractivity contribution is 0.0408. The summed E-state index contributed by atoms with van der Waals surface area (Å²) >= 11 is 0. The highest BCUT2D eigenvalue weighted by Crippen LogP contribution is 2.22. The van der Waals surface area contributed by atoms with E-state index in [2.05, 4.69) is 12.2 Å². The lowest BCUT2D eigenvalue weighted by atomic mass is 9.96. The Balaban J connectivity index is 2.24. The number of ether oxygens (including phenoxy) is 1. The summed E-state index contributed by atoms with van der Waals surface area (Å²) in [7, 11) is 0. The Morgan fingerprint density at radius 2 is 1.31 bits per heavy atom. The molecule has 32 heavy (non-hydrogen) atoms. The molecule has 2 atom stereocenters. The van der Waals surface area contributed by atoms with Gasteiger partial charge in [0, 0.05) is 0 Å². The van der Waals surface area contributed by atoms with E-state index in [-0.39, 0.29) is 0 Å². The van der Waals surface area contributed by atoms with E-state index in [1.807, 2.05) is 51.1 Å². The maximum absolute atomic E-state index is 12.3. The number of benzene rings is 1. The normalized spacial score (nSPS) is 13.5. The summed E-state index contributed by atoms with van der Waals surface area (Å²) in [5, 5.41) is 13.7. The van der Waals surface area contributed by atoms with Gasteiger partial charge in [-0.05, 0) is 32.8 Å². The van der Waals surface area contributed by atoms with Crippen LogP contribution in [0.5, 0.6) is 0 Å². The number of aliphatic hydroxyl groups is 1. The molecule has 1 amide bonds. The van der Waals surface area contributed by atoms with Crippen LogP contribution in [0.2, 0.25) is 0 Å². The van der Waals surface area contributed by atoms with Crippen LogP contribution in [0.3, 0.4) is 0 Å². The molecule has 0 spiro atoms. The van der Waals surface area contributed by atoms with E-state index in [0.717, 1.165) is 18.4 Å². The number of alkyl carbamates (subject to hydrolysis) is 1. The van der Waals surface area contributed by atoms with E-state index in [0.29, 0.717) is 6.42 Å². The summed E-state index contributed by atoms with van der Waals surface area (Å²) in [6, 6.07) is 9.22. The predicted octanol–water partition coefficient (Wildman–Crippen LogP) is 8.09. The smallest absolute Gasteiger partial charge is 0.408 e. The fourth-order valence-electron chi connectivity index (χ4n) is 4.03. The maximum atomic E-state index is 12.3. The van der Waals surface area contributed by atoms with E-state index in [1.165, 1.54) is 70.6 Å². The molecule has 0 bridgehead atoms. The standard InChI is InChI=1S/C28H49NO3/c1-5-6-7-8-9-10-11-12-13-14-15-16-20-23-25(30)26(24-21-18-17-19-22-24)29-27(31)32-28(2,3)4/h17-19,21-22,25-26,30H,5-16,20,23H2,1-4H3,(H,29,31)/t25-,26-/m0/s1. The summed E-state index contributed by atoms with van der Waals surface area (Å²) in [4.78, 5) is 12.3. The van der Waals surface area contributed by atoms with Crippen LogP contribution in [0.4, 0.5) is 4.79 Å². The van der Waals surface area contributed by atoms with Gasteiger partial charge in [0.15, 0.2) is 0 Å². The van der Waals surface area contributed by atoms with E-state index < -0.39 is 23.8 Å². The van der Waals surface area contributed by atoms with Gasteiger partial charge in [0.05, 0.1) is 12.1 Å². The molecule has 184 valence electrons. The molecule has 0 radical (unpaired) electrons. The van der Waals surface area contributed by atoms with Crippen LogP contribution < -0.4 is 5.32 Å². The molecule has 0 saturated carbocycles. The zero-order valence-corrected chi connectivity index (χ0v) is 21.2. The minimum atomic E-state index is -0.627. The van der Waals surface area contributed by atoms with E-state index >= 15 is 0 Å². The SMILES string of the molecule is CCCCCCCCCCCCCCC[C@H](O)[C@@H](NC(=O)OC(C)(C)C)c1ccccc1. The fourth-order valence-corrected chi connectivity index (χ4v) is 4.03. The zero-order valence-electron chi connectivity index (χ0n) is 21.2. The van der Waals surface area contributed by atoms with Crippen LogP contribution in [0, 0.1) is 0 Å². The lowest BCUT2D eigenvalue weighted by Crippen LogP contribution is -2.39. The molecule has 1 aromatic carbocycles. The third kappa shape index (κ3) is 14.5. The Morgan fingerprint density at radius 3 is 1.78 bits per heavy atom. The van der Waals surface area contributed by atoms with Crippen molar-refractivity contribution in [2.45, 2.75) is 135 Å². The van der Waals surface area contributed by atoms with Crippen molar-refractivity contribution in [1.82, 2.24) is 5.32 Å². The zero-order chi connectivity index (χ0) is 23.7. The van der Waals surface area contributed by atoms with Gasteiger partial charge in [-0.2, -0.15) is 0 Å². The first-order chi connectivity index (χ1) is 15.3. The largest absolute Gasteiger partial charge is 0.444 e. The Labute approximate surface area is 197 Å². The monoisotopic (exact) mass is 447 g/mol. The number of nitrogens with one attached hydrogen (secondary N) is 1. The van der Waals surface area contributed by atoms with Crippen LogP contribution in [0.15, 0.2) is 30.3 Å². The molecule has 4 nitrogen and oxygen atoms in total. The third-order valence-corrected chi connectivity index (χ3v) is 5.82. The van der Waals surface area contributed by atoms with Crippen LogP contribution >= 0.6 is 0 Å². The average Bonchev–Trinajstić information content (AvgIpc) is 2.74. The second kappa shape index (κ2) is 17.0. The molecule has 0 saturated heterocycles. The molecular formula is C28H49NO3. The number of unbranched alkanes of at least 4 members (excludes halogenated alkanes) is 12. The Bertz CT molecular complexity index is 582. The number of rotatable bonds is 17. The second-order valence-electron chi connectivity index (χ2n) is 10.1. The molecule has 1 aromatic rings. The van der Waals surface area contributed by atoms with E-state index in [1.54, 1.807) is 0 Å². The van der Waals surface area contributed by atoms with Gasteiger partial charge in [0.1, 0.15) is 5.60 Å². The van der Waals surface area contributed by atoms with Gasteiger partial charge in [-0.3, -0.25) is 0 Å². The number of hydrogen-bond acceptors (Lipinski definition) is 3. The highest BCUT2D eigenvalue weighted by atomic mass is 16.6. The second-order valence-corrected chi connectivity index (χ2v) is 10.1. The van der Waals surface area contributed by atoms with Gasteiger partial charge in [-0.1, -0.05) is 121 Å².